The first-order valence-electron chi connectivity index (χ1n) is 7.13. The molecular weight excluding hydrogens is 214 g/mol. The molecule has 0 radical (unpaired) electrons. The van der Waals surface area contributed by atoms with Gasteiger partial charge in [-0.2, -0.15) is 0 Å². The van der Waals surface area contributed by atoms with Gasteiger partial charge in [0.1, 0.15) is 0 Å². The van der Waals surface area contributed by atoms with Crippen LogP contribution in [0.4, 0.5) is 0 Å². The maximum Gasteiger partial charge on any atom is 0.168 e. The van der Waals surface area contributed by atoms with Gasteiger partial charge in [-0.3, -0.25) is 0 Å². The molecule has 0 N–H and O–H groups in total. The molecule has 2 fully saturated rings. The predicted molar refractivity (Wildman–Crippen MR) is 69.0 cm³/mol. The summed E-state index contributed by atoms with van der Waals surface area (Å²) < 4.78 is 11.5. The highest BCUT2D eigenvalue weighted by molar-refractivity contribution is 4.86. The van der Waals surface area contributed by atoms with Gasteiger partial charge in [0.2, 0.25) is 0 Å². The summed E-state index contributed by atoms with van der Waals surface area (Å²) in [5, 5.41) is 0. The largest absolute Gasteiger partial charge is 0.348 e. The van der Waals surface area contributed by atoms with Crippen molar-refractivity contribution in [2.45, 2.75) is 57.8 Å². The fraction of sp³-hybridized carbons (Fsp3) is 1.00. The van der Waals surface area contributed by atoms with E-state index in [0.29, 0.717) is 0 Å². The third kappa shape index (κ3) is 3.21. The number of hydrogen-bond donors (Lipinski definition) is 0. The molecule has 3 heteroatoms. The Kier molecular flexibility index (Phi) is 4.45. The molecule has 1 saturated heterocycles. The number of ether oxygens (including phenoxy) is 2. The first-order valence-corrected chi connectivity index (χ1v) is 7.13. The highest BCUT2D eigenvalue weighted by Crippen LogP contribution is 2.37. The van der Waals surface area contributed by atoms with Crippen molar-refractivity contribution in [3.63, 3.8) is 0 Å². The quantitative estimate of drug-likeness (QED) is 0.755. The molecule has 17 heavy (non-hydrogen) atoms. The second-order valence-corrected chi connectivity index (χ2v) is 5.79. The molecule has 1 unspecified atom stereocenters. The minimum atomic E-state index is -0.201. The van der Waals surface area contributed by atoms with Crippen molar-refractivity contribution < 1.29 is 9.47 Å². The molecule has 1 heterocycles. The molecule has 3 nitrogen and oxygen atoms in total. The summed E-state index contributed by atoms with van der Waals surface area (Å²) in [5.74, 6) is 0.600. The summed E-state index contributed by atoms with van der Waals surface area (Å²) in [6.45, 7) is 7.40. The molecule has 1 aliphatic carbocycles. The average Bonchev–Trinajstić information content (AvgIpc) is 2.78. The fourth-order valence-corrected chi connectivity index (χ4v) is 3.04. The lowest BCUT2D eigenvalue weighted by molar-refractivity contribution is -0.183. The van der Waals surface area contributed by atoms with E-state index in [4.69, 9.17) is 9.47 Å². The number of rotatable bonds is 4. The van der Waals surface area contributed by atoms with Gasteiger partial charge in [0.15, 0.2) is 5.79 Å². The third-order valence-electron chi connectivity index (χ3n) is 4.45. The zero-order valence-electron chi connectivity index (χ0n) is 11.6. The smallest absolute Gasteiger partial charge is 0.168 e. The van der Waals surface area contributed by atoms with Crippen LogP contribution >= 0.6 is 0 Å². The fourth-order valence-electron chi connectivity index (χ4n) is 3.04. The molecule has 0 aromatic carbocycles. The minimum absolute atomic E-state index is 0.201. The average molecular weight is 241 g/mol. The Hall–Kier alpha value is -0.120. The predicted octanol–water partition coefficient (Wildman–Crippen LogP) is 2.65. The van der Waals surface area contributed by atoms with E-state index in [9.17, 15) is 0 Å². The van der Waals surface area contributed by atoms with Gasteiger partial charge in [0, 0.05) is 25.4 Å². The maximum absolute atomic E-state index is 5.77. The second kappa shape index (κ2) is 5.68. The van der Waals surface area contributed by atoms with E-state index < -0.39 is 0 Å². The van der Waals surface area contributed by atoms with Crippen LogP contribution in [0.15, 0.2) is 0 Å². The van der Waals surface area contributed by atoms with Crippen molar-refractivity contribution in [1.82, 2.24) is 4.90 Å². The van der Waals surface area contributed by atoms with Crippen LogP contribution in [0.5, 0.6) is 0 Å². The van der Waals surface area contributed by atoms with E-state index in [1.165, 1.54) is 25.8 Å². The van der Waals surface area contributed by atoms with E-state index in [1.54, 1.807) is 0 Å². The Morgan fingerprint density at radius 2 is 1.82 bits per heavy atom. The van der Waals surface area contributed by atoms with Crippen LogP contribution in [0.1, 0.15) is 46.0 Å². The molecule has 1 spiro atoms. The number of nitrogens with zero attached hydrogens (tertiary/aromatic N) is 1. The Bertz CT molecular complexity index is 228. The van der Waals surface area contributed by atoms with Crippen LogP contribution in [-0.4, -0.2) is 43.5 Å². The normalized spacial score (nSPS) is 26.8. The third-order valence-corrected chi connectivity index (χ3v) is 4.45. The van der Waals surface area contributed by atoms with E-state index in [-0.39, 0.29) is 5.79 Å². The van der Waals surface area contributed by atoms with Gasteiger partial charge >= 0.3 is 0 Å². The molecule has 0 aromatic rings. The van der Waals surface area contributed by atoms with Crippen LogP contribution in [0.2, 0.25) is 0 Å². The Labute approximate surface area is 105 Å². The first-order chi connectivity index (χ1) is 8.15. The van der Waals surface area contributed by atoms with Crippen molar-refractivity contribution in [3.05, 3.63) is 0 Å². The Morgan fingerprint density at radius 3 is 2.35 bits per heavy atom. The summed E-state index contributed by atoms with van der Waals surface area (Å²) in [6, 6.07) is 0.724. The van der Waals surface area contributed by atoms with Gasteiger partial charge in [-0.25, -0.2) is 0 Å². The first kappa shape index (κ1) is 13.3. The van der Waals surface area contributed by atoms with Gasteiger partial charge in [-0.05, 0) is 25.8 Å². The highest BCUT2D eigenvalue weighted by atomic mass is 16.7. The maximum atomic E-state index is 5.77. The summed E-state index contributed by atoms with van der Waals surface area (Å²) in [6.07, 6.45) is 5.85. The number of hydrogen-bond acceptors (Lipinski definition) is 3. The van der Waals surface area contributed by atoms with Crippen LogP contribution in [-0.2, 0) is 9.47 Å². The van der Waals surface area contributed by atoms with Crippen molar-refractivity contribution in [1.29, 1.82) is 0 Å². The standard InChI is InChI=1S/C14H27NO2/c1-4-12(2)11-15(3)13-5-7-14(8-6-13)16-9-10-17-14/h12-13H,4-11H2,1-3H3. The molecule has 0 aromatic heterocycles. The van der Waals surface area contributed by atoms with Crippen LogP contribution < -0.4 is 0 Å². The van der Waals surface area contributed by atoms with E-state index in [2.05, 4.69) is 25.8 Å². The van der Waals surface area contributed by atoms with Gasteiger partial charge in [-0.15, -0.1) is 0 Å². The highest BCUT2D eigenvalue weighted by Gasteiger charge is 2.40. The Morgan fingerprint density at radius 1 is 1.24 bits per heavy atom. The van der Waals surface area contributed by atoms with Crippen LogP contribution in [0, 0.1) is 5.92 Å². The van der Waals surface area contributed by atoms with Gasteiger partial charge in [0.05, 0.1) is 13.2 Å². The second-order valence-electron chi connectivity index (χ2n) is 5.79. The summed E-state index contributed by atoms with van der Waals surface area (Å²) in [5.41, 5.74) is 0. The summed E-state index contributed by atoms with van der Waals surface area (Å²) >= 11 is 0. The van der Waals surface area contributed by atoms with Crippen molar-refractivity contribution >= 4 is 0 Å². The van der Waals surface area contributed by atoms with Gasteiger partial charge < -0.3 is 14.4 Å². The minimum Gasteiger partial charge on any atom is -0.348 e. The SMILES string of the molecule is CCC(C)CN(C)C1CCC2(CC1)OCCO2. The van der Waals surface area contributed by atoms with E-state index in [0.717, 1.165) is 38.0 Å². The zero-order valence-corrected chi connectivity index (χ0v) is 11.6. The van der Waals surface area contributed by atoms with Gasteiger partial charge in [0.25, 0.3) is 0 Å². The molecule has 2 rings (SSSR count). The van der Waals surface area contributed by atoms with Crippen molar-refractivity contribution in [3.8, 4) is 0 Å². The lowest BCUT2D eigenvalue weighted by Crippen LogP contribution is -2.43. The molecule has 100 valence electrons. The molecule has 0 amide bonds. The summed E-state index contributed by atoms with van der Waals surface area (Å²) in [7, 11) is 2.27. The van der Waals surface area contributed by atoms with Crippen molar-refractivity contribution in [2.75, 3.05) is 26.8 Å². The molecule has 2 aliphatic rings. The molecule has 0 bridgehead atoms. The van der Waals surface area contributed by atoms with Crippen LogP contribution in [0.3, 0.4) is 0 Å². The van der Waals surface area contributed by atoms with Crippen LogP contribution in [0.25, 0.3) is 0 Å². The molecule has 1 aliphatic heterocycles. The van der Waals surface area contributed by atoms with E-state index in [1.807, 2.05) is 0 Å². The van der Waals surface area contributed by atoms with Gasteiger partial charge in [-0.1, -0.05) is 20.3 Å². The lowest BCUT2D eigenvalue weighted by atomic mass is 9.89. The van der Waals surface area contributed by atoms with Crippen molar-refractivity contribution in [2.24, 2.45) is 5.92 Å². The molecular formula is C14H27NO2. The molecule has 1 atom stereocenters. The lowest BCUT2D eigenvalue weighted by Gasteiger charge is -2.39. The Balaban J connectivity index is 1.78. The zero-order chi connectivity index (χ0) is 12.3. The topological polar surface area (TPSA) is 21.7 Å². The summed E-state index contributed by atoms with van der Waals surface area (Å²) in [4.78, 5) is 2.54. The molecule has 1 saturated carbocycles. The van der Waals surface area contributed by atoms with E-state index >= 15 is 0 Å². The monoisotopic (exact) mass is 241 g/mol.